The van der Waals surface area contributed by atoms with Gasteiger partial charge in [0.05, 0.1) is 0 Å². The highest BCUT2D eigenvalue weighted by Gasteiger charge is 2.37. The molecule has 1 aliphatic carbocycles. The van der Waals surface area contributed by atoms with Gasteiger partial charge in [0.1, 0.15) is 16.6 Å². The van der Waals surface area contributed by atoms with Gasteiger partial charge < -0.3 is 14.9 Å². The lowest BCUT2D eigenvalue weighted by atomic mass is 9.96. The number of aliphatic carboxylic acids is 1. The third-order valence-corrected chi connectivity index (χ3v) is 7.41. The van der Waals surface area contributed by atoms with Crippen LogP contribution in [-0.2, 0) is 19.6 Å². The van der Waals surface area contributed by atoms with E-state index in [0.29, 0.717) is 30.9 Å². The molecule has 27 heavy (non-hydrogen) atoms. The van der Waals surface area contributed by atoms with Crippen LogP contribution in [0.2, 0.25) is 0 Å². The molecule has 1 atom stereocenters. The molecule has 0 bridgehead atoms. The summed E-state index contributed by atoms with van der Waals surface area (Å²) in [6.45, 7) is 3.53. The zero-order chi connectivity index (χ0) is 19.8. The van der Waals surface area contributed by atoms with Crippen LogP contribution < -0.4 is 5.32 Å². The van der Waals surface area contributed by atoms with Crippen LogP contribution >= 0.6 is 0 Å². The topological polar surface area (TPSA) is 130 Å². The molecule has 2 heterocycles. The molecular formula is C17H25N3O6S. The molecule has 9 nitrogen and oxygen atoms in total. The van der Waals surface area contributed by atoms with E-state index in [9.17, 15) is 23.1 Å². The van der Waals surface area contributed by atoms with Crippen LogP contribution in [0.4, 0.5) is 0 Å². The van der Waals surface area contributed by atoms with Crippen LogP contribution in [0, 0.1) is 25.7 Å². The summed E-state index contributed by atoms with van der Waals surface area (Å²) < 4.78 is 31.9. The number of carbonyl (C=O) groups is 2. The number of sulfonamides is 1. The van der Waals surface area contributed by atoms with E-state index < -0.39 is 22.0 Å². The maximum absolute atomic E-state index is 12.8. The van der Waals surface area contributed by atoms with Gasteiger partial charge in [-0.1, -0.05) is 18.0 Å². The highest BCUT2D eigenvalue weighted by atomic mass is 32.2. The first kappa shape index (κ1) is 19.8. The summed E-state index contributed by atoms with van der Waals surface area (Å²) in [5.74, 6) is -1.08. The first-order valence-corrected chi connectivity index (χ1v) is 10.6. The van der Waals surface area contributed by atoms with Crippen molar-refractivity contribution in [3.05, 3.63) is 11.5 Å². The van der Waals surface area contributed by atoms with E-state index in [2.05, 4.69) is 10.5 Å². The van der Waals surface area contributed by atoms with Gasteiger partial charge in [-0.15, -0.1) is 0 Å². The van der Waals surface area contributed by atoms with E-state index in [1.54, 1.807) is 13.8 Å². The lowest BCUT2D eigenvalue weighted by Crippen LogP contribution is -2.47. The van der Waals surface area contributed by atoms with Crippen molar-refractivity contribution in [3.8, 4) is 0 Å². The first-order valence-electron chi connectivity index (χ1n) is 9.16. The zero-order valence-electron chi connectivity index (χ0n) is 15.5. The van der Waals surface area contributed by atoms with Crippen molar-refractivity contribution in [2.45, 2.75) is 56.9 Å². The standard InChI is InChI=1S/C17H25N3O6S/c1-10-15(11(2)26-19-10)27(24,25)20-7-5-13(6-8-20)16(21)18-14(17(22)23)9-12-3-4-12/h12-14H,3-9H2,1-2H3,(H,18,21)(H,22,23). The van der Waals surface area contributed by atoms with E-state index in [1.165, 1.54) is 4.31 Å². The Balaban J connectivity index is 1.59. The van der Waals surface area contributed by atoms with Crippen LogP contribution in [0.3, 0.4) is 0 Å². The summed E-state index contributed by atoms with van der Waals surface area (Å²) in [4.78, 5) is 23.9. The summed E-state index contributed by atoms with van der Waals surface area (Å²) in [6.07, 6.45) is 3.18. The normalized spacial score (nSPS) is 20.4. The molecule has 2 aliphatic rings. The molecule has 0 aromatic carbocycles. The van der Waals surface area contributed by atoms with E-state index in [-0.39, 0.29) is 35.6 Å². The van der Waals surface area contributed by atoms with E-state index >= 15 is 0 Å². The summed E-state index contributed by atoms with van der Waals surface area (Å²) in [5, 5.41) is 15.6. The Hall–Kier alpha value is -1.94. The largest absolute Gasteiger partial charge is 0.480 e. The number of rotatable bonds is 7. The van der Waals surface area contributed by atoms with Gasteiger partial charge >= 0.3 is 5.97 Å². The van der Waals surface area contributed by atoms with Crippen molar-refractivity contribution in [2.75, 3.05) is 13.1 Å². The molecule has 1 aromatic rings. The van der Waals surface area contributed by atoms with E-state index in [1.807, 2.05) is 0 Å². The van der Waals surface area contributed by atoms with Crippen LogP contribution in [0.1, 0.15) is 43.6 Å². The predicted molar refractivity (Wildman–Crippen MR) is 94.4 cm³/mol. The third-order valence-electron chi connectivity index (χ3n) is 5.27. The molecule has 0 spiro atoms. The lowest BCUT2D eigenvalue weighted by Gasteiger charge is -2.31. The Kier molecular flexibility index (Phi) is 5.57. The fourth-order valence-corrected chi connectivity index (χ4v) is 5.29. The SMILES string of the molecule is Cc1noc(C)c1S(=O)(=O)N1CCC(C(=O)NC(CC2CC2)C(=O)O)CC1. The first-order chi connectivity index (χ1) is 12.7. The molecule has 1 aliphatic heterocycles. The number of carboxylic acid groups (broad SMARTS) is 1. The molecule has 1 unspecified atom stereocenters. The lowest BCUT2D eigenvalue weighted by molar-refractivity contribution is -0.143. The molecule has 1 aromatic heterocycles. The highest BCUT2D eigenvalue weighted by molar-refractivity contribution is 7.89. The van der Waals surface area contributed by atoms with E-state index in [0.717, 1.165) is 12.8 Å². The van der Waals surface area contributed by atoms with Crippen molar-refractivity contribution in [3.63, 3.8) is 0 Å². The number of hydrogen-bond acceptors (Lipinski definition) is 6. The number of nitrogens with one attached hydrogen (secondary N) is 1. The van der Waals surface area contributed by atoms with Crippen LogP contribution in [0.5, 0.6) is 0 Å². The Morgan fingerprint density at radius 2 is 1.89 bits per heavy atom. The van der Waals surface area contributed by atoms with Gasteiger partial charge in [-0.2, -0.15) is 4.31 Å². The molecule has 1 saturated carbocycles. The molecule has 1 saturated heterocycles. The summed E-state index contributed by atoms with van der Waals surface area (Å²) >= 11 is 0. The van der Waals surface area contributed by atoms with Gasteiger partial charge in [0.2, 0.25) is 15.9 Å². The smallest absolute Gasteiger partial charge is 0.326 e. The van der Waals surface area contributed by atoms with Gasteiger partial charge in [-0.25, -0.2) is 13.2 Å². The van der Waals surface area contributed by atoms with Crippen LogP contribution in [0.15, 0.2) is 9.42 Å². The van der Waals surface area contributed by atoms with E-state index in [4.69, 9.17) is 4.52 Å². The van der Waals surface area contributed by atoms with Crippen molar-refractivity contribution < 1.29 is 27.6 Å². The average molecular weight is 399 g/mol. The second-order valence-corrected chi connectivity index (χ2v) is 9.28. The van der Waals surface area contributed by atoms with Gasteiger partial charge in [0.15, 0.2) is 5.76 Å². The summed E-state index contributed by atoms with van der Waals surface area (Å²) in [5.41, 5.74) is 0.316. The number of carbonyl (C=O) groups excluding carboxylic acids is 1. The number of nitrogens with zero attached hydrogens (tertiary/aromatic N) is 2. The maximum atomic E-state index is 12.8. The average Bonchev–Trinajstić information content (AvgIpc) is 3.37. The van der Waals surface area contributed by atoms with Crippen molar-refractivity contribution in [2.24, 2.45) is 11.8 Å². The molecular weight excluding hydrogens is 374 g/mol. The van der Waals surface area contributed by atoms with Crippen molar-refractivity contribution in [1.29, 1.82) is 0 Å². The maximum Gasteiger partial charge on any atom is 0.326 e. The summed E-state index contributed by atoms with van der Waals surface area (Å²) in [6, 6.07) is -0.867. The highest BCUT2D eigenvalue weighted by Crippen LogP contribution is 2.34. The molecule has 0 radical (unpaired) electrons. The molecule has 2 fully saturated rings. The van der Waals surface area contributed by atoms with Gasteiger partial charge in [-0.05, 0) is 39.0 Å². The fraction of sp³-hybridized carbons (Fsp3) is 0.706. The number of hydrogen-bond donors (Lipinski definition) is 2. The molecule has 3 rings (SSSR count). The number of carboxylic acids is 1. The quantitative estimate of drug-likeness (QED) is 0.701. The van der Waals surface area contributed by atoms with Gasteiger partial charge in [0, 0.05) is 19.0 Å². The fourth-order valence-electron chi connectivity index (χ4n) is 3.53. The minimum atomic E-state index is -3.72. The monoisotopic (exact) mass is 399 g/mol. The van der Waals surface area contributed by atoms with Gasteiger partial charge in [-0.3, -0.25) is 4.79 Å². The third kappa shape index (κ3) is 4.32. The Morgan fingerprint density at radius 3 is 2.37 bits per heavy atom. The second kappa shape index (κ2) is 7.59. The zero-order valence-corrected chi connectivity index (χ0v) is 16.3. The Bertz CT molecular complexity index is 802. The molecule has 150 valence electrons. The van der Waals surface area contributed by atoms with Gasteiger partial charge in [0.25, 0.3) is 0 Å². The second-order valence-electron chi connectivity index (χ2n) is 7.41. The number of aryl methyl sites for hydroxylation is 2. The Labute approximate surface area is 158 Å². The minimum absolute atomic E-state index is 0.0841. The number of piperidine rings is 1. The predicted octanol–water partition coefficient (Wildman–Crippen LogP) is 1.06. The van der Waals surface area contributed by atoms with Crippen LogP contribution in [0.25, 0.3) is 0 Å². The minimum Gasteiger partial charge on any atom is -0.480 e. The Morgan fingerprint density at radius 1 is 1.26 bits per heavy atom. The molecule has 2 N–H and O–H groups in total. The van der Waals surface area contributed by atoms with Crippen molar-refractivity contribution >= 4 is 21.9 Å². The molecule has 1 amide bonds. The van der Waals surface area contributed by atoms with Crippen LogP contribution in [-0.4, -0.2) is 54.0 Å². The number of aromatic nitrogens is 1. The summed E-state index contributed by atoms with van der Waals surface area (Å²) in [7, 11) is -3.72. The van der Waals surface area contributed by atoms with Crippen molar-refractivity contribution in [1.82, 2.24) is 14.8 Å². The number of amides is 1. The molecule has 10 heteroatoms.